The van der Waals surface area contributed by atoms with Crippen molar-refractivity contribution >= 4 is 11.8 Å². The smallest absolute Gasteiger partial charge is 0.124 e. The zero-order valence-electron chi connectivity index (χ0n) is 8.01. The lowest BCUT2D eigenvalue weighted by atomic mass is 10.1. The van der Waals surface area contributed by atoms with Crippen LogP contribution in [0.2, 0.25) is 0 Å². The molecule has 1 aromatic rings. The summed E-state index contributed by atoms with van der Waals surface area (Å²) < 4.78 is 12.9. The van der Waals surface area contributed by atoms with Gasteiger partial charge < -0.3 is 5.73 Å². The Morgan fingerprint density at radius 3 is 2.93 bits per heavy atom. The second kappa shape index (κ2) is 5.69. The molecule has 74 valence electrons. The maximum absolute atomic E-state index is 12.9. The minimum atomic E-state index is -0.254. The van der Waals surface area contributed by atoms with E-state index < -0.39 is 0 Å². The first-order valence-corrected chi connectivity index (χ1v) is 5.63. The maximum Gasteiger partial charge on any atom is 0.124 e. The number of rotatable bonds is 2. The van der Waals surface area contributed by atoms with Crippen LogP contribution in [0.3, 0.4) is 0 Å². The van der Waals surface area contributed by atoms with Gasteiger partial charge in [0.25, 0.3) is 0 Å². The minimum Gasteiger partial charge on any atom is -0.320 e. The van der Waals surface area contributed by atoms with E-state index in [-0.39, 0.29) is 5.82 Å². The second-order valence-corrected chi connectivity index (χ2v) is 3.61. The quantitative estimate of drug-likeness (QED) is 0.754. The number of nitrogens with two attached hydrogens (primary N) is 1. The van der Waals surface area contributed by atoms with Gasteiger partial charge in [-0.3, -0.25) is 0 Å². The third kappa shape index (κ3) is 3.06. The van der Waals surface area contributed by atoms with Crippen LogP contribution in [0.4, 0.5) is 4.39 Å². The Hall–Kier alpha value is -0.980. The van der Waals surface area contributed by atoms with Gasteiger partial charge in [0.15, 0.2) is 0 Å². The fourth-order valence-corrected chi connectivity index (χ4v) is 1.66. The van der Waals surface area contributed by atoms with E-state index in [9.17, 15) is 4.39 Å². The Labute approximate surface area is 87.9 Å². The Balaban J connectivity index is 3.02. The highest BCUT2D eigenvalue weighted by molar-refractivity contribution is 7.97. The summed E-state index contributed by atoms with van der Waals surface area (Å²) in [6.07, 6.45) is 2.00. The van der Waals surface area contributed by atoms with Gasteiger partial charge >= 0.3 is 0 Å². The van der Waals surface area contributed by atoms with Gasteiger partial charge in [0.1, 0.15) is 5.82 Å². The molecule has 0 bridgehead atoms. The van der Waals surface area contributed by atoms with Gasteiger partial charge in [-0.05, 0) is 24.0 Å². The van der Waals surface area contributed by atoms with Crippen LogP contribution in [0.25, 0.3) is 0 Å². The topological polar surface area (TPSA) is 26.0 Å². The molecule has 14 heavy (non-hydrogen) atoms. The van der Waals surface area contributed by atoms with E-state index in [2.05, 4.69) is 11.8 Å². The largest absolute Gasteiger partial charge is 0.320 e. The number of thioether (sulfide) groups is 1. The van der Waals surface area contributed by atoms with Gasteiger partial charge in [0.05, 0.1) is 6.54 Å². The highest BCUT2D eigenvalue weighted by Gasteiger charge is 2.00. The predicted molar refractivity (Wildman–Crippen MR) is 59.6 cm³/mol. The van der Waals surface area contributed by atoms with Crippen LogP contribution >= 0.6 is 11.8 Å². The van der Waals surface area contributed by atoms with E-state index in [0.717, 1.165) is 16.9 Å². The number of benzene rings is 1. The fraction of sp³-hybridized carbons (Fsp3) is 0.273. The molecule has 0 radical (unpaired) electrons. The van der Waals surface area contributed by atoms with Crippen molar-refractivity contribution in [2.45, 2.75) is 5.75 Å². The summed E-state index contributed by atoms with van der Waals surface area (Å²) in [5.74, 6) is 6.19. The molecule has 0 heterocycles. The van der Waals surface area contributed by atoms with E-state index >= 15 is 0 Å². The summed E-state index contributed by atoms with van der Waals surface area (Å²) in [5, 5.41) is 0. The van der Waals surface area contributed by atoms with E-state index in [1.807, 2.05) is 6.26 Å². The third-order valence-corrected chi connectivity index (χ3v) is 2.30. The van der Waals surface area contributed by atoms with Crippen LogP contribution in [-0.2, 0) is 5.75 Å². The SMILES string of the molecule is CSCc1ccc(F)cc1C#CCN. The summed E-state index contributed by atoms with van der Waals surface area (Å²) in [4.78, 5) is 0. The van der Waals surface area contributed by atoms with Crippen LogP contribution in [0.1, 0.15) is 11.1 Å². The van der Waals surface area contributed by atoms with Crippen LogP contribution in [0, 0.1) is 17.7 Å². The van der Waals surface area contributed by atoms with E-state index in [4.69, 9.17) is 5.73 Å². The van der Waals surface area contributed by atoms with E-state index in [0.29, 0.717) is 6.54 Å². The average Bonchev–Trinajstić information content (AvgIpc) is 2.18. The second-order valence-electron chi connectivity index (χ2n) is 2.74. The summed E-state index contributed by atoms with van der Waals surface area (Å²) in [6, 6.07) is 4.68. The lowest BCUT2D eigenvalue weighted by molar-refractivity contribution is 0.627. The zero-order chi connectivity index (χ0) is 10.4. The molecule has 0 fully saturated rings. The summed E-state index contributed by atoms with van der Waals surface area (Å²) >= 11 is 1.69. The van der Waals surface area contributed by atoms with Gasteiger partial charge in [0, 0.05) is 11.3 Å². The molecule has 0 aliphatic rings. The van der Waals surface area contributed by atoms with Crippen LogP contribution in [0.5, 0.6) is 0 Å². The lowest BCUT2D eigenvalue weighted by Gasteiger charge is -2.02. The molecule has 0 unspecified atom stereocenters. The molecule has 2 N–H and O–H groups in total. The van der Waals surface area contributed by atoms with Crippen molar-refractivity contribution in [2.24, 2.45) is 5.73 Å². The number of hydrogen-bond donors (Lipinski definition) is 1. The number of halogens is 1. The molecule has 1 nitrogen and oxygen atoms in total. The van der Waals surface area contributed by atoms with E-state index in [1.165, 1.54) is 12.1 Å². The van der Waals surface area contributed by atoms with Crippen molar-refractivity contribution in [1.82, 2.24) is 0 Å². The van der Waals surface area contributed by atoms with Gasteiger partial charge in [-0.1, -0.05) is 17.9 Å². The van der Waals surface area contributed by atoms with Crippen LogP contribution in [0.15, 0.2) is 18.2 Å². The van der Waals surface area contributed by atoms with Crippen molar-refractivity contribution in [1.29, 1.82) is 0 Å². The van der Waals surface area contributed by atoms with Crippen molar-refractivity contribution < 1.29 is 4.39 Å². The lowest BCUT2D eigenvalue weighted by Crippen LogP contribution is -1.94. The predicted octanol–water partition coefficient (Wildman–Crippen LogP) is 2.00. The molecule has 1 aromatic carbocycles. The number of hydrogen-bond acceptors (Lipinski definition) is 2. The van der Waals surface area contributed by atoms with Crippen molar-refractivity contribution in [3.63, 3.8) is 0 Å². The molecule has 1 rings (SSSR count). The summed E-state index contributed by atoms with van der Waals surface area (Å²) in [7, 11) is 0. The van der Waals surface area contributed by atoms with Gasteiger partial charge in [-0.2, -0.15) is 11.8 Å². The monoisotopic (exact) mass is 209 g/mol. The molecule has 3 heteroatoms. The normalized spacial score (nSPS) is 9.36. The average molecular weight is 209 g/mol. The molecule has 0 aliphatic carbocycles. The Bertz CT molecular complexity index is 365. The zero-order valence-corrected chi connectivity index (χ0v) is 8.83. The molecule has 0 saturated heterocycles. The van der Waals surface area contributed by atoms with Gasteiger partial charge in [0.2, 0.25) is 0 Å². The third-order valence-electron chi connectivity index (χ3n) is 1.70. The first kappa shape index (κ1) is 11.1. The first-order chi connectivity index (χ1) is 6.77. The molecule has 0 spiro atoms. The van der Waals surface area contributed by atoms with Crippen molar-refractivity contribution in [2.75, 3.05) is 12.8 Å². The van der Waals surface area contributed by atoms with Crippen LogP contribution in [-0.4, -0.2) is 12.8 Å². The maximum atomic E-state index is 12.9. The molecule has 0 aliphatic heterocycles. The molecular formula is C11H12FNS. The van der Waals surface area contributed by atoms with Crippen LogP contribution < -0.4 is 5.73 Å². The molecule has 0 aromatic heterocycles. The van der Waals surface area contributed by atoms with Crippen molar-refractivity contribution in [3.8, 4) is 11.8 Å². The summed E-state index contributed by atoms with van der Waals surface area (Å²) in [5.41, 5.74) is 7.06. The molecule has 0 amide bonds. The standard InChI is InChI=1S/C11H12FNS/c1-14-8-10-4-5-11(12)7-9(10)3-2-6-13/h4-5,7H,6,8,13H2,1H3. The van der Waals surface area contributed by atoms with Crippen molar-refractivity contribution in [3.05, 3.63) is 35.1 Å². The highest BCUT2D eigenvalue weighted by atomic mass is 32.2. The highest BCUT2D eigenvalue weighted by Crippen LogP contribution is 2.15. The molecular weight excluding hydrogens is 197 g/mol. The van der Waals surface area contributed by atoms with Gasteiger partial charge in [-0.25, -0.2) is 4.39 Å². The molecule has 0 saturated carbocycles. The summed E-state index contributed by atoms with van der Waals surface area (Å²) in [6.45, 7) is 0.301. The Morgan fingerprint density at radius 2 is 2.29 bits per heavy atom. The fourth-order valence-electron chi connectivity index (χ4n) is 1.09. The Kier molecular flexibility index (Phi) is 4.51. The van der Waals surface area contributed by atoms with E-state index in [1.54, 1.807) is 17.8 Å². The Morgan fingerprint density at radius 1 is 1.50 bits per heavy atom. The first-order valence-electron chi connectivity index (χ1n) is 4.24. The van der Waals surface area contributed by atoms with Gasteiger partial charge in [-0.15, -0.1) is 0 Å². The molecule has 0 atom stereocenters. The minimum absolute atomic E-state index is 0.254.